The second-order valence-electron chi connectivity index (χ2n) is 8.74. The molecule has 0 saturated carbocycles. The van der Waals surface area contributed by atoms with Gasteiger partial charge in [-0.15, -0.1) is 0 Å². The molecule has 33 heavy (non-hydrogen) atoms. The van der Waals surface area contributed by atoms with Crippen LogP contribution in [0.3, 0.4) is 0 Å². The molecule has 0 spiro atoms. The van der Waals surface area contributed by atoms with Crippen LogP contribution in [0, 0.1) is 19.8 Å². The summed E-state index contributed by atoms with van der Waals surface area (Å²) in [5.41, 5.74) is 4.81. The standard InChI is InChI=1S/C26H29ClN4OS/c1-17-9-11-31(12-10-17)24-15-23(27)29-26(30-24)33-16-20-5-4-6-21(14-20)25(32)28-22-8-7-18(2)19(3)13-22/h4-8,13-15,17H,9-12,16H2,1-3H3,(H,28,32). The molecular weight excluding hydrogens is 452 g/mol. The number of nitrogens with zero attached hydrogens (tertiary/aromatic N) is 3. The minimum atomic E-state index is -0.120. The molecule has 2 heterocycles. The zero-order chi connectivity index (χ0) is 23.4. The summed E-state index contributed by atoms with van der Waals surface area (Å²) >= 11 is 7.83. The Kier molecular flexibility index (Phi) is 7.56. The summed E-state index contributed by atoms with van der Waals surface area (Å²) in [5, 5.41) is 4.10. The Morgan fingerprint density at radius 3 is 2.64 bits per heavy atom. The fourth-order valence-corrected chi connectivity index (χ4v) is 4.85. The van der Waals surface area contributed by atoms with Crippen LogP contribution in [0.2, 0.25) is 5.15 Å². The predicted octanol–water partition coefficient (Wildman–Crippen LogP) is 6.53. The number of thioether (sulfide) groups is 1. The van der Waals surface area contributed by atoms with Crippen molar-refractivity contribution in [1.82, 2.24) is 9.97 Å². The Morgan fingerprint density at radius 2 is 1.88 bits per heavy atom. The maximum atomic E-state index is 12.8. The van der Waals surface area contributed by atoms with Gasteiger partial charge in [0.2, 0.25) is 0 Å². The second kappa shape index (κ2) is 10.6. The van der Waals surface area contributed by atoms with Crippen LogP contribution in [0.1, 0.15) is 46.8 Å². The Hall–Kier alpha value is -2.57. The predicted molar refractivity (Wildman–Crippen MR) is 138 cm³/mol. The molecule has 1 aliphatic rings. The van der Waals surface area contributed by atoms with Crippen molar-refractivity contribution >= 4 is 40.8 Å². The molecule has 0 bridgehead atoms. The number of piperidine rings is 1. The molecule has 7 heteroatoms. The van der Waals surface area contributed by atoms with E-state index in [0.717, 1.165) is 41.6 Å². The summed E-state index contributed by atoms with van der Waals surface area (Å²) in [6.45, 7) is 8.38. The Bertz CT molecular complexity index is 1140. The molecule has 1 saturated heterocycles. The lowest BCUT2D eigenvalue weighted by Gasteiger charge is -2.31. The number of nitrogens with one attached hydrogen (secondary N) is 1. The SMILES string of the molecule is Cc1ccc(NC(=O)c2cccc(CSc3nc(Cl)cc(N4CCC(C)CC4)n3)c2)cc1C. The fraction of sp³-hybridized carbons (Fsp3) is 0.346. The smallest absolute Gasteiger partial charge is 0.255 e. The first-order valence-corrected chi connectivity index (χ1v) is 12.6. The molecular formula is C26H29ClN4OS. The number of benzene rings is 2. The van der Waals surface area contributed by atoms with Crippen molar-refractivity contribution in [2.45, 2.75) is 44.5 Å². The van der Waals surface area contributed by atoms with Gasteiger partial charge in [-0.1, -0.05) is 48.5 Å². The number of amides is 1. The minimum absolute atomic E-state index is 0.120. The highest BCUT2D eigenvalue weighted by Gasteiger charge is 2.18. The third kappa shape index (κ3) is 6.27. The van der Waals surface area contributed by atoms with Crippen LogP contribution in [0.5, 0.6) is 0 Å². The van der Waals surface area contributed by atoms with Gasteiger partial charge in [0.05, 0.1) is 0 Å². The van der Waals surface area contributed by atoms with E-state index in [0.29, 0.717) is 21.6 Å². The van der Waals surface area contributed by atoms with Gasteiger partial charge in [-0.3, -0.25) is 4.79 Å². The largest absolute Gasteiger partial charge is 0.356 e. The summed E-state index contributed by atoms with van der Waals surface area (Å²) in [6.07, 6.45) is 2.34. The first-order valence-electron chi connectivity index (χ1n) is 11.3. The van der Waals surface area contributed by atoms with Gasteiger partial charge in [-0.2, -0.15) is 0 Å². The Balaban J connectivity index is 1.41. The van der Waals surface area contributed by atoms with Crippen LogP contribution in [-0.2, 0) is 5.75 Å². The van der Waals surface area contributed by atoms with Gasteiger partial charge in [0.1, 0.15) is 11.0 Å². The summed E-state index contributed by atoms with van der Waals surface area (Å²) in [6, 6.07) is 15.4. The highest BCUT2D eigenvalue weighted by atomic mass is 35.5. The average Bonchev–Trinajstić information content (AvgIpc) is 2.80. The molecule has 1 aliphatic heterocycles. The fourth-order valence-electron chi connectivity index (χ4n) is 3.82. The lowest BCUT2D eigenvalue weighted by Crippen LogP contribution is -2.33. The van der Waals surface area contributed by atoms with Gasteiger partial charge in [-0.25, -0.2) is 9.97 Å². The lowest BCUT2D eigenvalue weighted by molar-refractivity contribution is 0.102. The van der Waals surface area contributed by atoms with Crippen molar-refractivity contribution in [3.63, 3.8) is 0 Å². The van der Waals surface area contributed by atoms with Crippen LogP contribution in [0.15, 0.2) is 53.7 Å². The van der Waals surface area contributed by atoms with Crippen molar-refractivity contribution in [1.29, 1.82) is 0 Å². The van der Waals surface area contributed by atoms with Crippen molar-refractivity contribution in [3.05, 3.63) is 75.9 Å². The minimum Gasteiger partial charge on any atom is -0.356 e. The summed E-state index contributed by atoms with van der Waals surface area (Å²) < 4.78 is 0. The highest BCUT2D eigenvalue weighted by Crippen LogP contribution is 2.27. The van der Waals surface area contributed by atoms with Crippen LogP contribution in [0.25, 0.3) is 0 Å². The number of carbonyl (C=O) groups excluding carboxylic acids is 1. The Labute approximate surface area is 205 Å². The van der Waals surface area contributed by atoms with Gasteiger partial charge < -0.3 is 10.2 Å². The number of anilines is 2. The number of rotatable bonds is 6. The maximum absolute atomic E-state index is 12.8. The van der Waals surface area contributed by atoms with E-state index in [1.54, 1.807) is 0 Å². The number of aryl methyl sites for hydroxylation is 2. The van der Waals surface area contributed by atoms with E-state index in [1.807, 2.05) is 55.5 Å². The molecule has 2 aromatic carbocycles. The van der Waals surface area contributed by atoms with Gasteiger partial charge in [-0.05, 0) is 73.6 Å². The van der Waals surface area contributed by atoms with Gasteiger partial charge in [0.15, 0.2) is 5.16 Å². The van der Waals surface area contributed by atoms with E-state index in [4.69, 9.17) is 16.6 Å². The number of carbonyl (C=O) groups is 1. The zero-order valence-corrected chi connectivity index (χ0v) is 20.8. The molecule has 1 amide bonds. The van der Waals surface area contributed by atoms with Crippen molar-refractivity contribution in [3.8, 4) is 0 Å². The third-order valence-electron chi connectivity index (χ3n) is 6.09. The van der Waals surface area contributed by atoms with E-state index in [9.17, 15) is 4.79 Å². The van der Waals surface area contributed by atoms with Crippen LogP contribution < -0.4 is 10.2 Å². The number of aromatic nitrogens is 2. The quantitative estimate of drug-likeness (QED) is 0.247. The first kappa shape index (κ1) is 23.6. The van der Waals surface area contributed by atoms with Gasteiger partial charge in [0, 0.05) is 36.2 Å². The van der Waals surface area contributed by atoms with Gasteiger partial charge in [0.25, 0.3) is 5.91 Å². The molecule has 0 atom stereocenters. The molecule has 1 aromatic heterocycles. The molecule has 1 N–H and O–H groups in total. The first-order chi connectivity index (χ1) is 15.9. The van der Waals surface area contributed by atoms with Crippen molar-refractivity contribution in [2.75, 3.05) is 23.3 Å². The second-order valence-corrected chi connectivity index (χ2v) is 10.1. The number of halogens is 1. The van der Waals surface area contributed by atoms with E-state index in [-0.39, 0.29) is 5.91 Å². The van der Waals surface area contributed by atoms with Crippen LogP contribution >= 0.6 is 23.4 Å². The number of hydrogen-bond acceptors (Lipinski definition) is 5. The average molecular weight is 481 g/mol. The zero-order valence-electron chi connectivity index (χ0n) is 19.3. The third-order valence-corrected chi connectivity index (χ3v) is 7.20. The molecule has 0 unspecified atom stereocenters. The van der Waals surface area contributed by atoms with E-state index < -0.39 is 0 Å². The highest BCUT2D eigenvalue weighted by molar-refractivity contribution is 7.98. The molecule has 5 nitrogen and oxygen atoms in total. The molecule has 3 aromatic rings. The van der Waals surface area contributed by atoms with Crippen molar-refractivity contribution in [2.24, 2.45) is 5.92 Å². The van der Waals surface area contributed by atoms with E-state index in [1.165, 1.54) is 30.2 Å². The molecule has 172 valence electrons. The maximum Gasteiger partial charge on any atom is 0.255 e. The van der Waals surface area contributed by atoms with E-state index in [2.05, 4.69) is 29.0 Å². The topological polar surface area (TPSA) is 58.1 Å². The lowest BCUT2D eigenvalue weighted by atomic mass is 9.99. The van der Waals surface area contributed by atoms with Gasteiger partial charge >= 0.3 is 0 Å². The summed E-state index contributed by atoms with van der Waals surface area (Å²) in [4.78, 5) is 24.2. The molecule has 1 fully saturated rings. The van der Waals surface area contributed by atoms with Crippen LogP contribution in [-0.4, -0.2) is 29.0 Å². The van der Waals surface area contributed by atoms with Crippen LogP contribution in [0.4, 0.5) is 11.5 Å². The monoisotopic (exact) mass is 480 g/mol. The molecule has 0 radical (unpaired) electrons. The normalized spacial score (nSPS) is 14.4. The summed E-state index contributed by atoms with van der Waals surface area (Å²) in [7, 11) is 0. The molecule has 4 rings (SSSR count). The van der Waals surface area contributed by atoms with Crippen molar-refractivity contribution < 1.29 is 4.79 Å². The Morgan fingerprint density at radius 1 is 1.09 bits per heavy atom. The molecule has 0 aliphatic carbocycles. The van der Waals surface area contributed by atoms with E-state index >= 15 is 0 Å². The number of hydrogen-bond donors (Lipinski definition) is 1. The summed E-state index contributed by atoms with van der Waals surface area (Å²) in [5.74, 6) is 2.19.